The van der Waals surface area contributed by atoms with Crippen molar-refractivity contribution in [2.24, 2.45) is 0 Å². The van der Waals surface area contributed by atoms with Gasteiger partial charge in [-0.1, -0.05) is 18.2 Å². The zero-order valence-corrected chi connectivity index (χ0v) is 21.6. The van der Waals surface area contributed by atoms with Crippen molar-refractivity contribution in [2.45, 2.75) is 25.8 Å². The fourth-order valence-corrected chi connectivity index (χ4v) is 4.39. The second-order valence-corrected chi connectivity index (χ2v) is 9.93. The molecule has 1 aromatic heterocycles. The van der Waals surface area contributed by atoms with Crippen LogP contribution in [0.5, 0.6) is 5.75 Å². The van der Waals surface area contributed by atoms with E-state index in [0.29, 0.717) is 35.7 Å². The average Bonchev–Trinajstić information content (AvgIpc) is 3.66. The van der Waals surface area contributed by atoms with Gasteiger partial charge in [0.2, 0.25) is 5.78 Å². The Morgan fingerprint density at radius 3 is 2.55 bits per heavy atom. The minimum atomic E-state index is -0.364. The maximum Gasteiger partial charge on any atom is 0.260 e. The summed E-state index contributed by atoms with van der Waals surface area (Å²) in [6.07, 6.45) is 3.49. The fraction of sp³-hybridized carbons (Fsp3) is 0.357. The van der Waals surface area contributed by atoms with Crippen molar-refractivity contribution < 1.29 is 19.1 Å². The van der Waals surface area contributed by atoms with E-state index in [1.807, 2.05) is 20.0 Å². The van der Waals surface area contributed by atoms with Crippen LogP contribution in [0, 0.1) is 6.92 Å². The van der Waals surface area contributed by atoms with Crippen LogP contribution in [-0.2, 0) is 4.79 Å². The molecule has 1 aliphatic carbocycles. The molecule has 3 N–H and O–H groups in total. The number of nitrogens with zero attached hydrogens (tertiary/aromatic N) is 4. The third-order valence-corrected chi connectivity index (χ3v) is 6.98. The molecule has 3 aromatic rings. The van der Waals surface area contributed by atoms with Gasteiger partial charge in [-0.25, -0.2) is 4.98 Å². The summed E-state index contributed by atoms with van der Waals surface area (Å²) in [5.74, 6) is 0.0150. The summed E-state index contributed by atoms with van der Waals surface area (Å²) in [6, 6.07) is 12.3. The van der Waals surface area contributed by atoms with E-state index in [1.165, 1.54) is 6.33 Å². The van der Waals surface area contributed by atoms with Crippen molar-refractivity contribution in [1.29, 1.82) is 0 Å². The minimum absolute atomic E-state index is 0.0822. The predicted molar refractivity (Wildman–Crippen MR) is 143 cm³/mol. The third kappa shape index (κ3) is 5.55. The number of hydrogen-bond acceptors (Lipinski definition) is 7. The summed E-state index contributed by atoms with van der Waals surface area (Å²) in [5, 5.41) is 2.98. The minimum Gasteiger partial charge on any atom is -0.484 e. The van der Waals surface area contributed by atoms with Crippen LogP contribution in [0.4, 0.5) is 5.82 Å². The molecule has 0 radical (unpaired) electrons. The van der Waals surface area contributed by atoms with Crippen LogP contribution in [0.1, 0.15) is 44.8 Å². The predicted octanol–water partition coefficient (Wildman–Crippen LogP) is 2.04. The molecular formula is C28H32N6O4. The first-order valence-corrected chi connectivity index (χ1v) is 12.8. The number of amides is 2. The van der Waals surface area contributed by atoms with E-state index in [0.717, 1.165) is 31.5 Å². The Morgan fingerprint density at radius 2 is 1.82 bits per heavy atom. The molecule has 10 heteroatoms. The highest BCUT2D eigenvalue weighted by Gasteiger charge is 2.25. The van der Waals surface area contributed by atoms with Gasteiger partial charge in [0.05, 0.1) is 5.69 Å². The van der Waals surface area contributed by atoms with E-state index in [2.05, 4.69) is 15.2 Å². The number of carbonyl (C=O) groups excluding carboxylic acids is 3. The first-order chi connectivity index (χ1) is 18.3. The second-order valence-electron chi connectivity index (χ2n) is 9.93. The number of rotatable bonds is 8. The number of nitrogen functional groups attached to an aromatic ring is 1. The first kappa shape index (κ1) is 25.5. The van der Waals surface area contributed by atoms with Gasteiger partial charge >= 0.3 is 0 Å². The molecule has 2 aliphatic rings. The smallest absolute Gasteiger partial charge is 0.260 e. The standard InChI is InChI=1S/C28H32N6O4/c1-18-6-7-20(28(37)31-21-8-9-21)15-23(18)34-17-30-25(27(34)29)26(36)19-4-3-5-22(14-19)38-16-24(35)33-12-10-32(2)11-13-33/h3-7,14-15,17,21H,8-13,16,29H2,1-2H3,(H,31,37). The number of nitrogens with one attached hydrogen (secondary N) is 1. The molecule has 0 unspecified atom stereocenters. The van der Waals surface area contributed by atoms with Crippen LogP contribution in [-0.4, -0.2) is 82.8 Å². The summed E-state index contributed by atoms with van der Waals surface area (Å²) in [4.78, 5) is 46.6. The zero-order valence-electron chi connectivity index (χ0n) is 21.6. The molecule has 2 aromatic carbocycles. The zero-order chi connectivity index (χ0) is 26.8. The monoisotopic (exact) mass is 516 g/mol. The van der Waals surface area contributed by atoms with Gasteiger partial charge in [0.15, 0.2) is 12.3 Å². The largest absolute Gasteiger partial charge is 0.484 e. The molecule has 2 heterocycles. The summed E-state index contributed by atoms with van der Waals surface area (Å²) in [6.45, 7) is 4.83. The van der Waals surface area contributed by atoms with Crippen LogP contribution < -0.4 is 15.8 Å². The number of ketones is 1. The van der Waals surface area contributed by atoms with Crippen molar-refractivity contribution in [3.05, 3.63) is 71.2 Å². The number of ether oxygens (including phenoxy) is 1. The summed E-state index contributed by atoms with van der Waals surface area (Å²) in [7, 11) is 2.03. The number of hydrogen-bond donors (Lipinski definition) is 2. The van der Waals surface area contributed by atoms with E-state index in [9.17, 15) is 14.4 Å². The van der Waals surface area contributed by atoms with Crippen molar-refractivity contribution in [3.8, 4) is 11.4 Å². The molecule has 2 amide bonds. The number of aromatic nitrogens is 2. The second kappa shape index (κ2) is 10.7. The number of anilines is 1. The highest BCUT2D eigenvalue weighted by atomic mass is 16.5. The maximum absolute atomic E-state index is 13.3. The quantitative estimate of drug-likeness (QED) is 0.439. The van der Waals surface area contributed by atoms with Crippen molar-refractivity contribution in [2.75, 3.05) is 45.6 Å². The van der Waals surface area contributed by atoms with Gasteiger partial charge in [-0.15, -0.1) is 0 Å². The Bertz CT molecular complexity index is 1370. The van der Waals surface area contributed by atoms with Crippen molar-refractivity contribution in [3.63, 3.8) is 0 Å². The molecule has 1 saturated carbocycles. The molecule has 10 nitrogen and oxygen atoms in total. The summed E-state index contributed by atoms with van der Waals surface area (Å²) in [5.41, 5.74) is 8.92. The summed E-state index contributed by atoms with van der Waals surface area (Å²) >= 11 is 0. The molecule has 0 atom stereocenters. The average molecular weight is 517 g/mol. The lowest BCUT2D eigenvalue weighted by atomic mass is 10.1. The number of nitrogens with two attached hydrogens (primary N) is 1. The number of aryl methyl sites for hydroxylation is 1. The third-order valence-electron chi connectivity index (χ3n) is 6.98. The van der Waals surface area contributed by atoms with E-state index in [-0.39, 0.29) is 41.8 Å². The Kier molecular flexibility index (Phi) is 7.15. The molecule has 0 spiro atoms. The van der Waals surface area contributed by atoms with E-state index in [4.69, 9.17) is 10.5 Å². The number of benzene rings is 2. The van der Waals surface area contributed by atoms with Crippen molar-refractivity contribution in [1.82, 2.24) is 24.7 Å². The van der Waals surface area contributed by atoms with Gasteiger partial charge in [-0.05, 0) is 56.6 Å². The molecule has 1 aliphatic heterocycles. The van der Waals surface area contributed by atoms with Gasteiger partial charge in [-0.2, -0.15) is 0 Å². The van der Waals surface area contributed by atoms with E-state index in [1.54, 1.807) is 45.9 Å². The topological polar surface area (TPSA) is 123 Å². The summed E-state index contributed by atoms with van der Waals surface area (Å²) < 4.78 is 7.33. The number of carbonyl (C=O) groups is 3. The van der Waals surface area contributed by atoms with Crippen LogP contribution in [0.2, 0.25) is 0 Å². The lowest BCUT2D eigenvalue weighted by Gasteiger charge is -2.32. The van der Waals surface area contributed by atoms with Gasteiger partial charge in [0.25, 0.3) is 11.8 Å². The van der Waals surface area contributed by atoms with Gasteiger partial charge in [-0.3, -0.25) is 19.0 Å². The number of piperazine rings is 1. The Labute approximate surface area is 221 Å². The van der Waals surface area contributed by atoms with Crippen LogP contribution in [0.15, 0.2) is 48.8 Å². The van der Waals surface area contributed by atoms with Crippen molar-refractivity contribution >= 4 is 23.4 Å². The molecular weight excluding hydrogens is 484 g/mol. The Morgan fingerprint density at radius 1 is 1.05 bits per heavy atom. The number of likely N-dealkylation sites (N-methyl/N-ethyl adjacent to an activating group) is 1. The fourth-order valence-electron chi connectivity index (χ4n) is 4.39. The Hall–Kier alpha value is -4.18. The molecule has 198 valence electrons. The lowest BCUT2D eigenvalue weighted by molar-refractivity contribution is -0.134. The SMILES string of the molecule is Cc1ccc(C(=O)NC2CC2)cc1-n1cnc(C(=O)c2cccc(OCC(=O)N3CCN(C)CC3)c2)c1N. The van der Waals surface area contributed by atoms with Gasteiger partial charge in [0, 0.05) is 43.3 Å². The normalized spacial score (nSPS) is 15.8. The molecule has 0 bridgehead atoms. The molecule has 5 rings (SSSR count). The lowest BCUT2D eigenvalue weighted by Crippen LogP contribution is -2.48. The van der Waals surface area contributed by atoms with E-state index < -0.39 is 0 Å². The highest BCUT2D eigenvalue weighted by molar-refractivity contribution is 6.10. The molecule has 38 heavy (non-hydrogen) atoms. The van der Waals surface area contributed by atoms with Crippen LogP contribution >= 0.6 is 0 Å². The highest BCUT2D eigenvalue weighted by Crippen LogP contribution is 2.25. The van der Waals surface area contributed by atoms with Crippen LogP contribution in [0.25, 0.3) is 5.69 Å². The molecule has 1 saturated heterocycles. The van der Waals surface area contributed by atoms with Gasteiger partial charge < -0.3 is 25.6 Å². The van der Waals surface area contributed by atoms with Crippen LogP contribution in [0.3, 0.4) is 0 Å². The van der Waals surface area contributed by atoms with Gasteiger partial charge in [0.1, 0.15) is 17.9 Å². The maximum atomic E-state index is 13.3. The first-order valence-electron chi connectivity index (χ1n) is 12.8. The molecule has 2 fully saturated rings. The number of imidazole rings is 1. The van der Waals surface area contributed by atoms with E-state index >= 15 is 0 Å². The Balaban J connectivity index is 1.30.